The molecule has 1 heterocycles. The number of carbonyl (C=O) groups is 2. The van der Waals surface area contributed by atoms with Gasteiger partial charge in [-0.1, -0.05) is 24.3 Å². The summed E-state index contributed by atoms with van der Waals surface area (Å²) in [5.41, 5.74) is 6.71. The van der Waals surface area contributed by atoms with Crippen LogP contribution in [0.5, 0.6) is 0 Å². The van der Waals surface area contributed by atoms with Gasteiger partial charge in [0.2, 0.25) is 0 Å². The van der Waals surface area contributed by atoms with Crippen molar-refractivity contribution in [1.82, 2.24) is 14.9 Å². The van der Waals surface area contributed by atoms with Crippen molar-refractivity contribution in [3.63, 3.8) is 0 Å². The number of carboxylic acid groups (broad SMARTS) is 1. The van der Waals surface area contributed by atoms with Gasteiger partial charge in [0, 0.05) is 11.1 Å². The molecule has 0 saturated carbocycles. The third-order valence-electron chi connectivity index (χ3n) is 2.35. The van der Waals surface area contributed by atoms with Crippen LogP contribution in [0.4, 0.5) is 5.82 Å². The first-order chi connectivity index (χ1) is 10.3. The van der Waals surface area contributed by atoms with Gasteiger partial charge in [-0.05, 0) is 21.1 Å². The van der Waals surface area contributed by atoms with E-state index in [0.29, 0.717) is 16.8 Å². The summed E-state index contributed by atoms with van der Waals surface area (Å²) < 4.78 is 0. The molecule has 0 fully saturated rings. The van der Waals surface area contributed by atoms with Crippen LogP contribution in [0.15, 0.2) is 30.5 Å². The minimum absolute atomic E-state index is 0.129. The first-order valence-corrected chi connectivity index (χ1v) is 6.37. The molecule has 1 aromatic heterocycles. The van der Waals surface area contributed by atoms with Gasteiger partial charge in [-0.3, -0.25) is 4.79 Å². The van der Waals surface area contributed by atoms with Crippen molar-refractivity contribution in [2.75, 3.05) is 26.9 Å². The number of nitrogens with zero attached hydrogens (tertiary/aromatic N) is 3. The zero-order chi connectivity index (χ0) is 16.7. The van der Waals surface area contributed by atoms with E-state index in [4.69, 9.17) is 10.8 Å². The summed E-state index contributed by atoms with van der Waals surface area (Å²) in [5, 5.41) is 8.89. The van der Waals surface area contributed by atoms with E-state index in [1.165, 1.54) is 6.20 Å². The van der Waals surface area contributed by atoms with Gasteiger partial charge < -0.3 is 15.7 Å². The highest BCUT2D eigenvalue weighted by molar-refractivity contribution is 5.90. The van der Waals surface area contributed by atoms with Gasteiger partial charge in [0.25, 0.3) is 0 Å². The summed E-state index contributed by atoms with van der Waals surface area (Å²) in [7, 11) is 6.00. The number of nitrogen functional groups attached to an aromatic ring is 1. The molecule has 22 heavy (non-hydrogen) atoms. The third-order valence-corrected chi connectivity index (χ3v) is 2.35. The van der Waals surface area contributed by atoms with Crippen molar-refractivity contribution in [1.29, 1.82) is 0 Å². The predicted octanol–water partition coefficient (Wildman–Crippen LogP) is 1.41. The molecule has 3 N–H and O–H groups in total. The van der Waals surface area contributed by atoms with Gasteiger partial charge in [-0.25, -0.2) is 14.8 Å². The molecule has 116 valence electrons. The highest BCUT2D eigenvalue weighted by atomic mass is 16.4. The zero-order valence-corrected chi connectivity index (χ0v) is 12.6. The van der Waals surface area contributed by atoms with Gasteiger partial charge in [0.15, 0.2) is 11.5 Å². The molecule has 0 saturated heterocycles. The fourth-order valence-corrected chi connectivity index (χ4v) is 1.43. The molecule has 1 aromatic carbocycles. The Bertz CT molecular complexity index is 652. The van der Waals surface area contributed by atoms with Crippen LogP contribution < -0.4 is 5.73 Å². The van der Waals surface area contributed by atoms with Crippen LogP contribution in [-0.2, 0) is 0 Å². The number of aromatic carboxylic acids is 1. The monoisotopic (exact) mass is 302 g/mol. The molecule has 0 aliphatic carbocycles. The molecule has 2 rings (SSSR count). The lowest BCUT2D eigenvalue weighted by Crippen LogP contribution is -2.08. The van der Waals surface area contributed by atoms with Crippen LogP contribution in [0.1, 0.15) is 20.8 Å². The summed E-state index contributed by atoms with van der Waals surface area (Å²) in [4.78, 5) is 31.1. The summed E-state index contributed by atoms with van der Waals surface area (Å²) in [6, 6.07) is 6.55. The second-order valence-corrected chi connectivity index (χ2v) is 4.88. The Balaban J connectivity index is 0.000000541. The quantitative estimate of drug-likeness (QED) is 0.825. The number of rotatable bonds is 3. The first-order valence-electron chi connectivity index (χ1n) is 6.37. The van der Waals surface area contributed by atoms with Crippen LogP contribution in [0.25, 0.3) is 11.3 Å². The second-order valence-electron chi connectivity index (χ2n) is 4.88. The lowest BCUT2D eigenvalue weighted by atomic mass is 10.1. The molecule has 0 spiro atoms. The number of carbonyl (C=O) groups excluding carboxylic acids is 1. The smallest absolute Gasteiger partial charge is 0.358 e. The van der Waals surface area contributed by atoms with Crippen LogP contribution in [-0.4, -0.2) is 53.4 Å². The SMILES string of the molecule is CN(C)C.Nc1ncc(-c2ccc(C=O)cc2)nc1C(=O)O. The lowest BCUT2D eigenvalue weighted by Gasteiger charge is -2.04. The zero-order valence-electron chi connectivity index (χ0n) is 12.6. The van der Waals surface area contributed by atoms with Crippen LogP contribution in [0.3, 0.4) is 0 Å². The van der Waals surface area contributed by atoms with E-state index in [9.17, 15) is 9.59 Å². The molecule has 0 radical (unpaired) electrons. The van der Waals surface area contributed by atoms with E-state index in [0.717, 1.165) is 6.29 Å². The number of benzene rings is 1. The number of carboxylic acids is 1. The summed E-state index contributed by atoms with van der Waals surface area (Å²) in [5.74, 6) is -1.36. The molecule has 0 bridgehead atoms. The molecular weight excluding hydrogens is 284 g/mol. The Labute approximate surface area is 128 Å². The predicted molar refractivity (Wildman–Crippen MR) is 83.8 cm³/mol. The molecular formula is C15H18N4O3. The third kappa shape index (κ3) is 4.95. The average molecular weight is 302 g/mol. The maximum Gasteiger partial charge on any atom is 0.358 e. The van der Waals surface area contributed by atoms with Crippen molar-refractivity contribution >= 4 is 18.1 Å². The molecule has 0 unspecified atom stereocenters. The minimum Gasteiger partial charge on any atom is -0.476 e. The fraction of sp³-hybridized carbons (Fsp3) is 0.200. The van der Waals surface area contributed by atoms with Crippen LogP contribution >= 0.6 is 0 Å². The Morgan fingerprint density at radius 3 is 2.23 bits per heavy atom. The van der Waals surface area contributed by atoms with Gasteiger partial charge in [0.05, 0.1) is 11.9 Å². The lowest BCUT2D eigenvalue weighted by molar-refractivity contribution is 0.0691. The molecule has 0 aliphatic heterocycles. The number of aromatic nitrogens is 2. The molecule has 0 aliphatic rings. The van der Waals surface area contributed by atoms with E-state index in [1.54, 1.807) is 24.3 Å². The van der Waals surface area contributed by atoms with Crippen molar-refractivity contribution in [2.24, 2.45) is 0 Å². The maximum atomic E-state index is 10.9. The van der Waals surface area contributed by atoms with Gasteiger partial charge in [0.1, 0.15) is 6.29 Å². The Hall–Kier alpha value is -2.80. The molecule has 0 amide bonds. The first kappa shape index (κ1) is 17.3. The van der Waals surface area contributed by atoms with Gasteiger partial charge in [-0.15, -0.1) is 0 Å². The van der Waals surface area contributed by atoms with Crippen molar-refractivity contribution in [3.05, 3.63) is 41.7 Å². The highest BCUT2D eigenvalue weighted by Gasteiger charge is 2.12. The molecule has 7 heteroatoms. The summed E-state index contributed by atoms with van der Waals surface area (Å²) in [6.07, 6.45) is 2.11. The number of nitrogens with two attached hydrogens (primary N) is 1. The van der Waals surface area contributed by atoms with Crippen molar-refractivity contribution in [3.8, 4) is 11.3 Å². The molecule has 2 aromatic rings. The molecule has 0 atom stereocenters. The van der Waals surface area contributed by atoms with E-state index < -0.39 is 5.97 Å². The number of aldehydes is 1. The largest absolute Gasteiger partial charge is 0.476 e. The van der Waals surface area contributed by atoms with Crippen molar-refractivity contribution < 1.29 is 14.7 Å². The molecule has 7 nitrogen and oxygen atoms in total. The highest BCUT2D eigenvalue weighted by Crippen LogP contribution is 2.18. The van der Waals surface area contributed by atoms with Crippen molar-refractivity contribution in [2.45, 2.75) is 0 Å². The average Bonchev–Trinajstić information content (AvgIpc) is 2.47. The fourth-order valence-electron chi connectivity index (χ4n) is 1.43. The Morgan fingerprint density at radius 2 is 1.77 bits per heavy atom. The van der Waals surface area contributed by atoms with E-state index in [1.807, 2.05) is 26.0 Å². The van der Waals surface area contributed by atoms with E-state index in [2.05, 4.69) is 9.97 Å². The standard InChI is InChI=1S/C12H9N3O3.C3H9N/c13-11-10(12(17)18)15-9(5-14-11)8-3-1-7(6-16)2-4-8;1-4(2)3/h1-6H,(H2,13,14)(H,17,18);1-3H3. The Morgan fingerprint density at radius 1 is 1.23 bits per heavy atom. The minimum atomic E-state index is -1.23. The maximum absolute atomic E-state index is 10.9. The number of anilines is 1. The van der Waals surface area contributed by atoms with Crippen LogP contribution in [0.2, 0.25) is 0 Å². The van der Waals surface area contributed by atoms with E-state index in [-0.39, 0.29) is 11.5 Å². The normalized spacial score (nSPS) is 9.82. The second kappa shape index (κ2) is 7.84. The summed E-state index contributed by atoms with van der Waals surface area (Å²) in [6.45, 7) is 0. The van der Waals surface area contributed by atoms with Crippen LogP contribution in [0, 0.1) is 0 Å². The number of hydrogen-bond acceptors (Lipinski definition) is 6. The summed E-state index contributed by atoms with van der Waals surface area (Å²) >= 11 is 0. The van der Waals surface area contributed by atoms with Gasteiger partial charge in [-0.2, -0.15) is 0 Å². The topological polar surface area (TPSA) is 109 Å². The number of hydrogen-bond donors (Lipinski definition) is 2. The Kier molecular flexibility index (Phi) is 6.15. The van der Waals surface area contributed by atoms with E-state index >= 15 is 0 Å². The van der Waals surface area contributed by atoms with Gasteiger partial charge >= 0.3 is 5.97 Å².